The van der Waals surface area contributed by atoms with E-state index in [1.54, 1.807) is 33.0 Å². The molecule has 0 saturated heterocycles. The summed E-state index contributed by atoms with van der Waals surface area (Å²) in [6.07, 6.45) is 0. The zero-order chi connectivity index (χ0) is 15.3. The van der Waals surface area contributed by atoms with Crippen molar-refractivity contribution in [3.8, 4) is 0 Å². The Kier molecular flexibility index (Phi) is 6.16. The van der Waals surface area contributed by atoms with Crippen LogP contribution in [0.2, 0.25) is 0 Å². The third-order valence-corrected chi connectivity index (χ3v) is 6.03. The van der Waals surface area contributed by atoms with E-state index in [4.69, 9.17) is 0 Å². The third-order valence-electron chi connectivity index (χ3n) is 2.96. The van der Waals surface area contributed by atoms with Gasteiger partial charge in [0.05, 0.1) is 4.90 Å². The molecule has 0 aromatic heterocycles. The fraction of sp³-hybridized carbons (Fsp3) is 0.538. The molecule has 1 atom stereocenters. The summed E-state index contributed by atoms with van der Waals surface area (Å²) >= 11 is 0. The van der Waals surface area contributed by atoms with Crippen molar-refractivity contribution < 1.29 is 12.6 Å². The molecule has 0 heterocycles. The predicted octanol–water partition coefficient (Wildman–Crippen LogP) is 1.39. The van der Waals surface area contributed by atoms with Gasteiger partial charge in [-0.05, 0) is 37.1 Å². The van der Waals surface area contributed by atoms with Gasteiger partial charge in [0, 0.05) is 41.6 Å². The van der Waals surface area contributed by atoms with Gasteiger partial charge < -0.3 is 5.32 Å². The summed E-state index contributed by atoms with van der Waals surface area (Å²) in [5, 5.41) is 3.00. The fourth-order valence-corrected chi connectivity index (χ4v) is 4.25. The molecule has 0 radical (unpaired) electrons. The second-order valence-corrected chi connectivity index (χ2v) is 8.09. The van der Waals surface area contributed by atoms with E-state index < -0.39 is 20.8 Å². The standard InChI is InChI=1S/C13H22N2O3S2/c1-5-19(16)7-6-15-20(17,18)13-10(2)8-12(14-4)9-11(13)3/h8-9,14-15H,5-7H2,1-4H3. The van der Waals surface area contributed by atoms with E-state index in [2.05, 4.69) is 10.0 Å². The number of sulfonamides is 1. The Bertz CT molecular complexity index is 575. The van der Waals surface area contributed by atoms with Crippen LogP contribution in [0, 0.1) is 13.8 Å². The number of anilines is 1. The molecule has 0 aliphatic rings. The monoisotopic (exact) mass is 318 g/mol. The van der Waals surface area contributed by atoms with Gasteiger partial charge in [0.2, 0.25) is 10.0 Å². The lowest BCUT2D eigenvalue weighted by molar-refractivity contribution is 0.582. The maximum Gasteiger partial charge on any atom is 0.241 e. The van der Waals surface area contributed by atoms with Gasteiger partial charge in [-0.3, -0.25) is 4.21 Å². The third kappa shape index (κ3) is 4.29. The maximum atomic E-state index is 12.3. The number of benzene rings is 1. The number of hydrogen-bond acceptors (Lipinski definition) is 4. The van der Waals surface area contributed by atoms with Crippen LogP contribution in [-0.2, 0) is 20.8 Å². The highest BCUT2D eigenvalue weighted by atomic mass is 32.2. The number of aryl methyl sites for hydroxylation is 2. The van der Waals surface area contributed by atoms with E-state index in [1.807, 2.05) is 6.92 Å². The molecule has 20 heavy (non-hydrogen) atoms. The first-order valence-electron chi connectivity index (χ1n) is 6.45. The van der Waals surface area contributed by atoms with E-state index in [1.165, 1.54) is 0 Å². The van der Waals surface area contributed by atoms with E-state index in [0.717, 1.165) is 5.69 Å². The van der Waals surface area contributed by atoms with Gasteiger partial charge in [0.1, 0.15) is 0 Å². The first-order valence-corrected chi connectivity index (χ1v) is 9.42. The molecular formula is C13H22N2O3S2. The highest BCUT2D eigenvalue weighted by molar-refractivity contribution is 7.89. The lowest BCUT2D eigenvalue weighted by atomic mass is 10.1. The van der Waals surface area contributed by atoms with Gasteiger partial charge in [-0.1, -0.05) is 6.92 Å². The molecule has 1 unspecified atom stereocenters. The van der Waals surface area contributed by atoms with Gasteiger partial charge in [-0.25, -0.2) is 13.1 Å². The molecule has 2 N–H and O–H groups in total. The molecule has 0 amide bonds. The molecule has 7 heteroatoms. The normalized spacial score (nSPS) is 13.2. The van der Waals surface area contributed by atoms with Crippen molar-refractivity contribution in [3.05, 3.63) is 23.3 Å². The Morgan fingerprint density at radius 1 is 1.20 bits per heavy atom. The number of rotatable bonds is 7. The highest BCUT2D eigenvalue weighted by Crippen LogP contribution is 2.23. The molecule has 0 spiro atoms. The van der Waals surface area contributed by atoms with E-state index in [-0.39, 0.29) is 6.54 Å². The first kappa shape index (κ1) is 17.1. The van der Waals surface area contributed by atoms with Crippen molar-refractivity contribution in [3.63, 3.8) is 0 Å². The minimum Gasteiger partial charge on any atom is -0.388 e. The topological polar surface area (TPSA) is 75.3 Å². The quantitative estimate of drug-likeness (QED) is 0.797. The van der Waals surface area contributed by atoms with Crippen LogP contribution in [0.1, 0.15) is 18.1 Å². The minimum atomic E-state index is -3.56. The highest BCUT2D eigenvalue weighted by Gasteiger charge is 2.19. The summed E-state index contributed by atoms with van der Waals surface area (Å²) < 4.78 is 38.5. The van der Waals surface area contributed by atoms with Gasteiger partial charge in [0.25, 0.3) is 0 Å². The molecule has 1 rings (SSSR count). The molecule has 5 nitrogen and oxygen atoms in total. The van der Waals surface area contributed by atoms with Gasteiger partial charge in [-0.15, -0.1) is 0 Å². The molecule has 0 aliphatic heterocycles. The van der Waals surface area contributed by atoms with Gasteiger partial charge in [-0.2, -0.15) is 0 Å². The molecule has 0 aliphatic carbocycles. The second-order valence-electron chi connectivity index (χ2n) is 4.52. The van der Waals surface area contributed by atoms with Gasteiger partial charge in [0.15, 0.2) is 0 Å². The summed E-state index contributed by atoms with van der Waals surface area (Å²) in [7, 11) is -2.74. The fourth-order valence-electron chi connectivity index (χ4n) is 2.02. The average molecular weight is 318 g/mol. The van der Waals surface area contributed by atoms with E-state index in [0.29, 0.717) is 27.5 Å². The number of nitrogens with one attached hydrogen (secondary N) is 2. The molecule has 0 bridgehead atoms. The smallest absolute Gasteiger partial charge is 0.241 e. The molecule has 1 aromatic carbocycles. The largest absolute Gasteiger partial charge is 0.388 e. The van der Waals surface area contributed by atoms with Crippen LogP contribution in [0.25, 0.3) is 0 Å². The van der Waals surface area contributed by atoms with Crippen molar-refractivity contribution >= 4 is 26.5 Å². The van der Waals surface area contributed by atoms with Crippen molar-refractivity contribution in [1.29, 1.82) is 0 Å². The van der Waals surface area contributed by atoms with Crippen LogP contribution in [0.4, 0.5) is 5.69 Å². The molecule has 0 fully saturated rings. The van der Waals surface area contributed by atoms with E-state index in [9.17, 15) is 12.6 Å². The average Bonchev–Trinajstić information content (AvgIpc) is 2.36. The second kappa shape index (κ2) is 7.19. The molecule has 0 saturated carbocycles. The molecular weight excluding hydrogens is 296 g/mol. The maximum absolute atomic E-state index is 12.3. The predicted molar refractivity (Wildman–Crippen MR) is 84.2 cm³/mol. The molecule has 1 aromatic rings. The lowest BCUT2D eigenvalue weighted by Gasteiger charge is -2.14. The summed E-state index contributed by atoms with van der Waals surface area (Å²) in [5.74, 6) is 0.874. The van der Waals surface area contributed by atoms with Crippen LogP contribution >= 0.6 is 0 Å². The zero-order valence-corrected chi connectivity index (χ0v) is 14.0. The lowest BCUT2D eigenvalue weighted by Crippen LogP contribution is -2.29. The van der Waals surface area contributed by atoms with Crippen molar-refractivity contribution in [1.82, 2.24) is 4.72 Å². The Labute approximate surface area is 123 Å². The Morgan fingerprint density at radius 2 is 1.75 bits per heavy atom. The van der Waals surface area contributed by atoms with Crippen LogP contribution in [0.15, 0.2) is 17.0 Å². The van der Waals surface area contributed by atoms with Crippen LogP contribution in [-0.4, -0.2) is 37.7 Å². The summed E-state index contributed by atoms with van der Waals surface area (Å²) in [4.78, 5) is 0.304. The first-order chi connectivity index (χ1) is 9.31. The Morgan fingerprint density at radius 3 is 2.20 bits per heavy atom. The van der Waals surface area contributed by atoms with Gasteiger partial charge >= 0.3 is 0 Å². The molecule has 114 valence electrons. The van der Waals surface area contributed by atoms with Crippen LogP contribution in [0.3, 0.4) is 0 Å². The summed E-state index contributed by atoms with van der Waals surface area (Å²) in [5.41, 5.74) is 2.27. The van der Waals surface area contributed by atoms with Crippen LogP contribution < -0.4 is 10.0 Å². The van der Waals surface area contributed by atoms with Crippen molar-refractivity contribution in [2.45, 2.75) is 25.7 Å². The Balaban J connectivity index is 2.96. The minimum absolute atomic E-state index is 0.190. The van der Waals surface area contributed by atoms with Crippen molar-refractivity contribution in [2.24, 2.45) is 0 Å². The Hall–Kier alpha value is -0.920. The van der Waals surface area contributed by atoms with Crippen LogP contribution in [0.5, 0.6) is 0 Å². The number of hydrogen-bond donors (Lipinski definition) is 2. The summed E-state index contributed by atoms with van der Waals surface area (Å²) in [6, 6.07) is 3.59. The van der Waals surface area contributed by atoms with Crippen molar-refractivity contribution in [2.75, 3.05) is 30.4 Å². The zero-order valence-electron chi connectivity index (χ0n) is 12.3. The van der Waals surface area contributed by atoms with E-state index >= 15 is 0 Å². The summed E-state index contributed by atoms with van der Waals surface area (Å²) in [6.45, 7) is 5.55. The SMILES string of the molecule is CCS(=O)CCNS(=O)(=O)c1c(C)cc(NC)cc1C.